The van der Waals surface area contributed by atoms with Crippen molar-refractivity contribution in [2.75, 3.05) is 59.5 Å². The number of ether oxygens (including phenoxy) is 3. The highest BCUT2D eigenvalue weighted by Gasteiger charge is 2.32. The predicted molar refractivity (Wildman–Crippen MR) is 126 cm³/mol. The molecule has 36 heavy (non-hydrogen) atoms. The molecule has 0 saturated heterocycles. The molecule has 0 unspecified atom stereocenters. The van der Waals surface area contributed by atoms with Gasteiger partial charge in [0.1, 0.15) is 39.6 Å². The smallest absolute Gasteiger partial charge is 0.333 e. The minimum atomic E-state index is -0.767. The molecule has 0 amide bonds. The zero-order valence-corrected chi connectivity index (χ0v) is 21.6. The van der Waals surface area contributed by atoms with Crippen molar-refractivity contribution in [1.29, 1.82) is 0 Å². The fourth-order valence-electron chi connectivity index (χ4n) is 1.98. The van der Waals surface area contributed by atoms with Gasteiger partial charge in [0.2, 0.25) is 0 Å². The average Bonchev–Trinajstić information content (AvgIpc) is 2.84. The summed E-state index contributed by atoms with van der Waals surface area (Å²) >= 11 is 0. The Kier molecular flexibility index (Phi) is 18.1. The SMILES string of the molecule is C=C(C)C(=O)OCCOOCC(CC)(COOCCOC(=O)C(=C)C)COOCCOC(=O)C(=C)C. The third-order valence-corrected chi connectivity index (χ3v) is 4.34. The summed E-state index contributed by atoms with van der Waals surface area (Å²) in [5.74, 6) is -1.58. The van der Waals surface area contributed by atoms with E-state index in [1.165, 1.54) is 20.8 Å². The largest absolute Gasteiger partial charge is 0.460 e. The summed E-state index contributed by atoms with van der Waals surface area (Å²) in [6, 6.07) is 0. The average molecular weight is 519 g/mol. The molecule has 12 nitrogen and oxygen atoms in total. The molecule has 12 heteroatoms. The number of hydrogen-bond donors (Lipinski definition) is 0. The van der Waals surface area contributed by atoms with Crippen molar-refractivity contribution >= 4 is 17.9 Å². The molecule has 0 bridgehead atoms. The topological polar surface area (TPSA) is 134 Å². The third-order valence-electron chi connectivity index (χ3n) is 4.34. The van der Waals surface area contributed by atoms with E-state index in [0.29, 0.717) is 6.42 Å². The molecule has 0 atom stereocenters. The number of esters is 3. The first-order valence-corrected chi connectivity index (χ1v) is 11.3. The maximum Gasteiger partial charge on any atom is 0.333 e. The number of carbonyl (C=O) groups excluding carboxylic acids is 3. The van der Waals surface area contributed by atoms with E-state index in [0.717, 1.165) is 0 Å². The van der Waals surface area contributed by atoms with Gasteiger partial charge in [0.25, 0.3) is 0 Å². The fourth-order valence-corrected chi connectivity index (χ4v) is 1.98. The fraction of sp³-hybridized carbons (Fsp3) is 0.625. The van der Waals surface area contributed by atoms with E-state index in [-0.39, 0.29) is 76.2 Å². The van der Waals surface area contributed by atoms with Crippen LogP contribution in [0.2, 0.25) is 0 Å². The van der Waals surface area contributed by atoms with Gasteiger partial charge in [-0.05, 0) is 27.2 Å². The monoisotopic (exact) mass is 518 g/mol. The van der Waals surface area contributed by atoms with Crippen molar-refractivity contribution in [3.05, 3.63) is 36.5 Å². The second kappa shape index (κ2) is 19.6. The molecule has 206 valence electrons. The standard InChI is InChI=1S/C24H38O12/c1-8-24(15-34-31-12-9-28-21(25)18(2)3,16-35-32-13-10-29-22(26)19(4)5)17-36-33-14-11-30-23(27)20(6)7/h2,4,6,8-17H2,1,3,5,7H3. The summed E-state index contributed by atoms with van der Waals surface area (Å²) in [6.07, 6.45) is 0.503. The van der Waals surface area contributed by atoms with Crippen LogP contribution in [0, 0.1) is 5.41 Å². The molecule has 0 radical (unpaired) electrons. The molecule has 0 fully saturated rings. The molecule has 0 rings (SSSR count). The highest BCUT2D eigenvalue weighted by molar-refractivity contribution is 5.87. The Hall–Kier alpha value is -2.61. The van der Waals surface area contributed by atoms with Crippen molar-refractivity contribution in [3.8, 4) is 0 Å². The zero-order valence-electron chi connectivity index (χ0n) is 21.6. The molecule has 0 aromatic heterocycles. The van der Waals surface area contributed by atoms with Crippen LogP contribution in [0.15, 0.2) is 36.5 Å². The van der Waals surface area contributed by atoms with Gasteiger partial charge in [-0.25, -0.2) is 43.7 Å². The molecule has 0 N–H and O–H groups in total. The van der Waals surface area contributed by atoms with E-state index < -0.39 is 23.3 Å². The molecule has 0 aliphatic rings. The van der Waals surface area contributed by atoms with Crippen LogP contribution < -0.4 is 0 Å². The van der Waals surface area contributed by atoms with Crippen LogP contribution in [0.3, 0.4) is 0 Å². The van der Waals surface area contributed by atoms with Gasteiger partial charge in [0, 0.05) is 22.1 Å². The van der Waals surface area contributed by atoms with Crippen molar-refractivity contribution < 1.29 is 57.9 Å². The van der Waals surface area contributed by atoms with Crippen LogP contribution >= 0.6 is 0 Å². The van der Waals surface area contributed by atoms with Crippen LogP contribution in [-0.2, 0) is 57.9 Å². The minimum absolute atomic E-state index is 0.00426. The van der Waals surface area contributed by atoms with Crippen LogP contribution in [0.25, 0.3) is 0 Å². The Labute approximate surface area is 211 Å². The lowest BCUT2D eigenvalue weighted by molar-refractivity contribution is -0.370. The third kappa shape index (κ3) is 16.1. The number of carbonyl (C=O) groups is 3. The first kappa shape index (κ1) is 33.4. The Balaban J connectivity index is 4.56. The van der Waals surface area contributed by atoms with E-state index in [2.05, 4.69) is 19.7 Å². The van der Waals surface area contributed by atoms with Gasteiger partial charge in [-0.3, -0.25) is 0 Å². The summed E-state index contributed by atoms with van der Waals surface area (Å²) in [5, 5.41) is 0. The van der Waals surface area contributed by atoms with Gasteiger partial charge in [0.05, 0.1) is 19.8 Å². The summed E-state index contributed by atoms with van der Waals surface area (Å²) in [5.41, 5.74) is 0.0638. The number of hydrogen-bond acceptors (Lipinski definition) is 12. The lowest BCUT2D eigenvalue weighted by Crippen LogP contribution is -2.37. The predicted octanol–water partition coefficient (Wildman–Crippen LogP) is 2.59. The molecule has 0 heterocycles. The Bertz CT molecular complexity index is 638. The Morgan fingerprint density at radius 2 is 0.806 bits per heavy atom. The first-order valence-electron chi connectivity index (χ1n) is 11.3. The van der Waals surface area contributed by atoms with Gasteiger partial charge in [-0.15, -0.1) is 0 Å². The van der Waals surface area contributed by atoms with Crippen molar-refractivity contribution in [2.45, 2.75) is 34.1 Å². The molecule has 0 aliphatic heterocycles. The zero-order chi connectivity index (χ0) is 27.4. The van der Waals surface area contributed by atoms with Gasteiger partial charge >= 0.3 is 17.9 Å². The minimum Gasteiger partial charge on any atom is -0.460 e. The first-order chi connectivity index (χ1) is 17.0. The molecule has 0 saturated carbocycles. The van der Waals surface area contributed by atoms with Gasteiger partial charge in [-0.2, -0.15) is 0 Å². The van der Waals surface area contributed by atoms with Crippen molar-refractivity contribution in [1.82, 2.24) is 0 Å². The molecule has 0 aromatic carbocycles. The van der Waals surface area contributed by atoms with E-state index in [9.17, 15) is 14.4 Å². The molecular formula is C24H38O12. The van der Waals surface area contributed by atoms with Crippen LogP contribution in [0.5, 0.6) is 0 Å². The van der Waals surface area contributed by atoms with E-state index in [1.54, 1.807) is 0 Å². The Morgan fingerprint density at radius 3 is 1.03 bits per heavy atom. The van der Waals surface area contributed by atoms with E-state index in [4.69, 9.17) is 43.5 Å². The summed E-state index contributed by atoms with van der Waals surface area (Å²) in [4.78, 5) is 65.1. The van der Waals surface area contributed by atoms with Crippen molar-refractivity contribution in [2.24, 2.45) is 5.41 Å². The van der Waals surface area contributed by atoms with E-state index >= 15 is 0 Å². The Morgan fingerprint density at radius 1 is 0.528 bits per heavy atom. The summed E-state index contributed by atoms with van der Waals surface area (Å²) in [7, 11) is 0. The molecule has 0 spiro atoms. The lowest BCUT2D eigenvalue weighted by atomic mass is 9.88. The quantitative estimate of drug-likeness (QED) is 0.0520. The highest BCUT2D eigenvalue weighted by atomic mass is 17.2. The molecular weight excluding hydrogens is 480 g/mol. The molecule has 0 aromatic rings. The van der Waals surface area contributed by atoms with Crippen molar-refractivity contribution in [3.63, 3.8) is 0 Å². The normalized spacial score (nSPS) is 11.0. The second-order valence-electron chi connectivity index (χ2n) is 7.85. The van der Waals surface area contributed by atoms with Crippen LogP contribution in [-0.4, -0.2) is 77.4 Å². The number of rotatable bonds is 22. The second-order valence-corrected chi connectivity index (χ2v) is 7.85. The summed E-state index contributed by atoms with van der Waals surface area (Å²) in [6.45, 7) is 16.9. The highest BCUT2D eigenvalue weighted by Crippen LogP contribution is 2.24. The van der Waals surface area contributed by atoms with Crippen LogP contribution in [0.4, 0.5) is 0 Å². The van der Waals surface area contributed by atoms with Gasteiger partial charge in [-0.1, -0.05) is 26.7 Å². The summed E-state index contributed by atoms with van der Waals surface area (Å²) < 4.78 is 14.7. The lowest BCUT2D eigenvalue weighted by Gasteiger charge is -2.30. The van der Waals surface area contributed by atoms with Crippen LogP contribution in [0.1, 0.15) is 34.1 Å². The van der Waals surface area contributed by atoms with Gasteiger partial charge < -0.3 is 14.2 Å². The maximum atomic E-state index is 11.4. The maximum absolute atomic E-state index is 11.4. The van der Waals surface area contributed by atoms with E-state index in [1.807, 2.05) is 6.92 Å². The van der Waals surface area contributed by atoms with Gasteiger partial charge in [0.15, 0.2) is 0 Å². The molecule has 0 aliphatic carbocycles.